The minimum atomic E-state index is -4.25. The third kappa shape index (κ3) is 3.82. The maximum atomic E-state index is 13.5. The first-order valence-electron chi connectivity index (χ1n) is 6.51. The number of hydrogen-bond acceptors (Lipinski definition) is 4. The Bertz CT molecular complexity index is 772. The molecule has 1 N–H and O–H groups in total. The van der Waals surface area contributed by atoms with Gasteiger partial charge in [0.25, 0.3) is 0 Å². The normalized spacial score (nSPS) is 11.0. The SMILES string of the molecule is CCC(=O)Nc1ccc(OS(=O)(=O)c2ccccc2F)cc1. The molecule has 0 aliphatic rings. The summed E-state index contributed by atoms with van der Waals surface area (Å²) >= 11 is 0. The first-order valence-corrected chi connectivity index (χ1v) is 7.92. The molecule has 0 fully saturated rings. The molecule has 2 aromatic carbocycles. The molecule has 0 heterocycles. The van der Waals surface area contributed by atoms with E-state index in [4.69, 9.17) is 4.18 Å². The number of rotatable bonds is 5. The smallest absolute Gasteiger partial charge is 0.342 e. The molecule has 0 unspecified atom stereocenters. The Kier molecular flexibility index (Phi) is 4.77. The highest BCUT2D eigenvalue weighted by Crippen LogP contribution is 2.22. The Morgan fingerprint density at radius 1 is 1.14 bits per heavy atom. The van der Waals surface area contributed by atoms with E-state index in [2.05, 4.69) is 5.32 Å². The van der Waals surface area contributed by atoms with Crippen molar-refractivity contribution in [2.24, 2.45) is 0 Å². The molecule has 0 saturated carbocycles. The van der Waals surface area contributed by atoms with Crippen LogP contribution in [0.2, 0.25) is 0 Å². The molecule has 0 bridgehead atoms. The summed E-state index contributed by atoms with van der Waals surface area (Å²) in [5, 5.41) is 2.62. The lowest BCUT2D eigenvalue weighted by molar-refractivity contribution is -0.115. The summed E-state index contributed by atoms with van der Waals surface area (Å²) in [6.45, 7) is 1.72. The fourth-order valence-corrected chi connectivity index (χ4v) is 2.67. The van der Waals surface area contributed by atoms with E-state index < -0.39 is 20.8 Å². The van der Waals surface area contributed by atoms with E-state index >= 15 is 0 Å². The molecule has 2 aromatic rings. The van der Waals surface area contributed by atoms with Gasteiger partial charge in [-0.05, 0) is 36.4 Å². The fraction of sp³-hybridized carbons (Fsp3) is 0.133. The highest BCUT2D eigenvalue weighted by molar-refractivity contribution is 7.87. The number of nitrogens with one attached hydrogen (secondary N) is 1. The Hall–Kier alpha value is -2.41. The van der Waals surface area contributed by atoms with Crippen molar-refractivity contribution in [3.8, 4) is 5.75 Å². The largest absolute Gasteiger partial charge is 0.379 e. The van der Waals surface area contributed by atoms with Gasteiger partial charge >= 0.3 is 10.1 Å². The summed E-state index contributed by atoms with van der Waals surface area (Å²) < 4.78 is 42.4. The Balaban J connectivity index is 2.17. The summed E-state index contributed by atoms with van der Waals surface area (Å²) in [6.07, 6.45) is 0.333. The standard InChI is InChI=1S/C15H14FNO4S/c1-2-15(18)17-11-7-9-12(10-8-11)21-22(19,20)14-6-4-3-5-13(14)16/h3-10H,2H2,1H3,(H,17,18). The molecule has 0 aliphatic heterocycles. The number of hydrogen-bond donors (Lipinski definition) is 1. The maximum Gasteiger partial charge on any atom is 0.342 e. The molecule has 5 nitrogen and oxygen atoms in total. The second-order valence-corrected chi connectivity index (χ2v) is 5.91. The monoisotopic (exact) mass is 323 g/mol. The molecule has 0 radical (unpaired) electrons. The highest BCUT2D eigenvalue weighted by atomic mass is 32.2. The van der Waals surface area contributed by atoms with Crippen molar-refractivity contribution in [3.05, 3.63) is 54.3 Å². The van der Waals surface area contributed by atoms with E-state index in [0.29, 0.717) is 12.1 Å². The van der Waals surface area contributed by atoms with Crippen LogP contribution in [0, 0.1) is 5.82 Å². The van der Waals surface area contributed by atoms with Crippen molar-refractivity contribution in [1.82, 2.24) is 0 Å². The van der Waals surface area contributed by atoms with Crippen molar-refractivity contribution in [2.45, 2.75) is 18.2 Å². The molecule has 7 heteroatoms. The maximum absolute atomic E-state index is 13.5. The van der Waals surface area contributed by atoms with E-state index in [0.717, 1.165) is 12.1 Å². The lowest BCUT2D eigenvalue weighted by Gasteiger charge is -2.09. The minimum Gasteiger partial charge on any atom is -0.379 e. The molecule has 116 valence electrons. The fourth-order valence-electron chi connectivity index (χ4n) is 1.66. The zero-order valence-electron chi connectivity index (χ0n) is 11.7. The van der Waals surface area contributed by atoms with Crippen molar-refractivity contribution in [3.63, 3.8) is 0 Å². The predicted molar refractivity (Wildman–Crippen MR) is 79.6 cm³/mol. The summed E-state index contributed by atoms with van der Waals surface area (Å²) in [7, 11) is -4.25. The van der Waals surface area contributed by atoms with Crippen LogP contribution in [0.25, 0.3) is 0 Å². The summed E-state index contributed by atoms with van der Waals surface area (Å²) in [6, 6.07) is 10.7. The van der Waals surface area contributed by atoms with Gasteiger partial charge in [0.05, 0.1) is 0 Å². The molecular weight excluding hydrogens is 309 g/mol. The van der Waals surface area contributed by atoms with Crippen LogP contribution in [0.5, 0.6) is 5.75 Å². The third-order valence-electron chi connectivity index (χ3n) is 2.77. The summed E-state index contributed by atoms with van der Waals surface area (Å²) in [4.78, 5) is 10.7. The number of anilines is 1. The zero-order chi connectivity index (χ0) is 16.2. The number of carbonyl (C=O) groups excluding carboxylic acids is 1. The predicted octanol–water partition coefficient (Wildman–Crippen LogP) is 2.94. The Morgan fingerprint density at radius 3 is 2.36 bits per heavy atom. The van der Waals surface area contributed by atoms with Crippen LogP contribution in [0.1, 0.15) is 13.3 Å². The molecule has 1 amide bonds. The van der Waals surface area contributed by atoms with Crippen LogP contribution in [0.3, 0.4) is 0 Å². The number of amides is 1. The van der Waals surface area contributed by atoms with E-state index in [-0.39, 0.29) is 11.7 Å². The number of carbonyl (C=O) groups is 1. The van der Waals surface area contributed by atoms with E-state index in [1.807, 2.05) is 0 Å². The van der Waals surface area contributed by atoms with Gasteiger partial charge in [-0.2, -0.15) is 8.42 Å². The van der Waals surface area contributed by atoms with Crippen LogP contribution >= 0.6 is 0 Å². The summed E-state index contributed by atoms with van der Waals surface area (Å²) in [5.74, 6) is -1.01. The minimum absolute atomic E-state index is 0.0257. The number of halogens is 1. The molecule has 2 rings (SSSR count). The summed E-state index contributed by atoms with van der Waals surface area (Å²) in [5.41, 5.74) is 0.516. The van der Waals surface area contributed by atoms with E-state index in [1.165, 1.54) is 36.4 Å². The quantitative estimate of drug-likeness (QED) is 0.859. The van der Waals surface area contributed by atoms with Crippen LogP contribution in [0.4, 0.5) is 10.1 Å². The average molecular weight is 323 g/mol. The van der Waals surface area contributed by atoms with Crippen LogP contribution in [0.15, 0.2) is 53.4 Å². The van der Waals surface area contributed by atoms with Crippen molar-refractivity contribution in [2.75, 3.05) is 5.32 Å². The Labute approximate surface area is 127 Å². The van der Waals surface area contributed by atoms with E-state index in [9.17, 15) is 17.6 Å². The van der Waals surface area contributed by atoms with Crippen LogP contribution in [-0.4, -0.2) is 14.3 Å². The first kappa shape index (κ1) is 16.0. The lowest BCUT2D eigenvalue weighted by atomic mass is 10.3. The molecule has 0 atom stereocenters. The highest BCUT2D eigenvalue weighted by Gasteiger charge is 2.20. The average Bonchev–Trinajstić information content (AvgIpc) is 2.49. The van der Waals surface area contributed by atoms with Gasteiger partial charge in [-0.15, -0.1) is 0 Å². The van der Waals surface area contributed by atoms with E-state index in [1.54, 1.807) is 6.92 Å². The van der Waals surface area contributed by atoms with Gasteiger partial charge in [0.2, 0.25) is 5.91 Å². The second-order valence-electron chi connectivity index (χ2n) is 4.39. The van der Waals surface area contributed by atoms with Crippen LogP contribution in [-0.2, 0) is 14.9 Å². The topological polar surface area (TPSA) is 72.5 Å². The molecule has 0 aromatic heterocycles. The van der Waals surface area contributed by atoms with Gasteiger partial charge in [0.15, 0.2) is 0 Å². The van der Waals surface area contributed by atoms with Gasteiger partial charge < -0.3 is 9.50 Å². The molecule has 0 aliphatic carbocycles. The Morgan fingerprint density at radius 2 is 1.77 bits per heavy atom. The van der Waals surface area contributed by atoms with Crippen molar-refractivity contribution >= 4 is 21.7 Å². The lowest BCUT2D eigenvalue weighted by Crippen LogP contribution is -2.12. The first-order chi connectivity index (χ1) is 10.4. The van der Waals surface area contributed by atoms with Gasteiger partial charge in [-0.25, -0.2) is 4.39 Å². The van der Waals surface area contributed by atoms with Crippen molar-refractivity contribution in [1.29, 1.82) is 0 Å². The van der Waals surface area contributed by atoms with Gasteiger partial charge in [0, 0.05) is 12.1 Å². The second kappa shape index (κ2) is 6.57. The molecule has 0 saturated heterocycles. The third-order valence-corrected chi connectivity index (χ3v) is 4.05. The van der Waals surface area contributed by atoms with Gasteiger partial charge in [-0.1, -0.05) is 19.1 Å². The zero-order valence-corrected chi connectivity index (χ0v) is 12.6. The van der Waals surface area contributed by atoms with Gasteiger partial charge in [0.1, 0.15) is 16.5 Å². The van der Waals surface area contributed by atoms with Crippen molar-refractivity contribution < 1.29 is 21.8 Å². The van der Waals surface area contributed by atoms with Crippen LogP contribution < -0.4 is 9.50 Å². The number of benzene rings is 2. The molecule has 0 spiro atoms. The molecule has 22 heavy (non-hydrogen) atoms. The molecular formula is C15H14FNO4S. The van der Waals surface area contributed by atoms with Gasteiger partial charge in [-0.3, -0.25) is 4.79 Å².